The molecule has 1 amide bonds. The first kappa shape index (κ1) is 13.4. The van der Waals surface area contributed by atoms with Crippen molar-refractivity contribution in [3.63, 3.8) is 0 Å². The Labute approximate surface area is 129 Å². The van der Waals surface area contributed by atoms with Crippen molar-refractivity contribution in [3.05, 3.63) is 42.1 Å². The average Bonchev–Trinajstić information content (AvgIpc) is 3.24. The molecule has 2 fully saturated rings. The quantitative estimate of drug-likeness (QED) is 0.653. The fourth-order valence-corrected chi connectivity index (χ4v) is 3.59. The van der Waals surface area contributed by atoms with Crippen LogP contribution < -0.4 is 16.4 Å². The minimum absolute atomic E-state index is 0.0268. The molecule has 5 N–H and O–H groups in total. The maximum Gasteiger partial charge on any atom is 0.267 e. The van der Waals surface area contributed by atoms with E-state index in [2.05, 4.69) is 15.6 Å². The van der Waals surface area contributed by atoms with Gasteiger partial charge in [0.05, 0.1) is 0 Å². The number of aromatic nitrogens is 1. The van der Waals surface area contributed by atoms with Crippen LogP contribution in [0.3, 0.4) is 0 Å². The van der Waals surface area contributed by atoms with Gasteiger partial charge in [0.25, 0.3) is 5.91 Å². The van der Waals surface area contributed by atoms with Crippen LogP contribution in [0.5, 0.6) is 0 Å². The molecule has 5 heteroatoms. The van der Waals surface area contributed by atoms with E-state index in [4.69, 9.17) is 5.73 Å². The minimum atomic E-state index is -0.0268. The van der Waals surface area contributed by atoms with Crippen molar-refractivity contribution in [1.29, 1.82) is 0 Å². The number of anilines is 1. The van der Waals surface area contributed by atoms with Crippen LogP contribution in [0.4, 0.5) is 5.69 Å². The van der Waals surface area contributed by atoms with E-state index in [0.29, 0.717) is 17.8 Å². The van der Waals surface area contributed by atoms with Crippen LogP contribution in [0.2, 0.25) is 0 Å². The summed E-state index contributed by atoms with van der Waals surface area (Å²) in [6.45, 7) is 0. The van der Waals surface area contributed by atoms with Crippen molar-refractivity contribution >= 4 is 11.6 Å². The molecule has 5 nitrogen and oxygen atoms in total. The highest BCUT2D eigenvalue weighted by Gasteiger charge is 2.39. The zero-order valence-corrected chi connectivity index (χ0v) is 12.3. The van der Waals surface area contributed by atoms with Crippen molar-refractivity contribution in [2.45, 2.75) is 37.4 Å². The third kappa shape index (κ3) is 2.37. The summed E-state index contributed by atoms with van der Waals surface area (Å²) in [7, 11) is 0. The van der Waals surface area contributed by atoms with Gasteiger partial charge in [-0.15, -0.1) is 0 Å². The van der Waals surface area contributed by atoms with E-state index >= 15 is 0 Å². The van der Waals surface area contributed by atoms with Crippen LogP contribution >= 0.6 is 0 Å². The monoisotopic (exact) mass is 296 g/mol. The van der Waals surface area contributed by atoms with Crippen molar-refractivity contribution < 1.29 is 4.79 Å². The molecule has 22 heavy (non-hydrogen) atoms. The largest absolute Gasteiger partial charge is 0.399 e. The number of carbonyl (C=O) groups excluding carboxylic acids is 1. The van der Waals surface area contributed by atoms with Gasteiger partial charge in [0.2, 0.25) is 0 Å². The Morgan fingerprint density at radius 1 is 1.14 bits per heavy atom. The average molecular weight is 296 g/mol. The van der Waals surface area contributed by atoms with Gasteiger partial charge in [-0.25, -0.2) is 0 Å². The molecular formula is C17H20N4O. The Balaban J connectivity index is 1.46. The van der Waals surface area contributed by atoms with Crippen molar-refractivity contribution in [2.75, 3.05) is 5.73 Å². The highest BCUT2D eigenvalue weighted by atomic mass is 16.2. The Bertz CT molecular complexity index is 691. The van der Waals surface area contributed by atoms with Crippen LogP contribution in [0.25, 0.3) is 11.3 Å². The van der Waals surface area contributed by atoms with Gasteiger partial charge >= 0.3 is 0 Å². The summed E-state index contributed by atoms with van der Waals surface area (Å²) in [4.78, 5) is 15.6. The predicted octanol–water partition coefficient (Wildman–Crippen LogP) is 1.89. The summed E-state index contributed by atoms with van der Waals surface area (Å²) < 4.78 is 0. The number of nitrogens with two attached hydrogens (primary N) is 1. The van der Waals surface area contributed by atoms with Gasteiger partial charge in [0.1, 0.15) is 5.69 Å². The summed E-state index contributed by atoms with van der Waals surface area (Å²) in [6, 6.07) is 12.7. The van der Waals surface area contributed by atoms with E-state index in [1.54, 1.807) is 0 Å². The Kier molecular flexibility index (Phi) is 3.15. The number of H-pyrrole nitrogens is 1. The van der Waals surface area contributed by atoms with Gasteiger partial charge in [-0.3, -0.25) is 4.79 Å². The normalized spacial score (nSPS) is 26.3. The summed E-state index contributed by atoms with van der Waals surface area (Å²) in [6.07, 6.45) is 3.44. The zero-order valence-electron chi connectivity index (χ0n) is 12.3. The molecule has 114 valence electrons. The number of hydrogen-bond acceptors (Lipinski definition) is 3. The number of amides is 1. The van der Waals surface area contributed by atoms with Crippen molar-refractivity contribution in [1.82, 2.24) is 15.6 Å². The molecule has 0 saturated carbocycles. The van der Waals surface area contributed by atoms with E-state index in [1.165, 1.54) is 6.42 Å². The molecule has 4 rings (SSSR count). The molecule has 0 unspecified atom stereocenters. The molecular weight excluding hydrogens is 276 g/mol. The van der Waals surface area contributed by atoms with Crippen LogP contribution in [-0.2, 0) is 0 Å². The minimum Gasteiger partial charge on any atom is -0.399 e. The van der Waals surface area contributed by atoms with Crippen molar-refractivity contribution in [3.8, 4) is 11.3 Å². The van der Waals surface area contributed by atoms with Gasteiger partial charge < -0.3 is 21.4 Å². The van der Waals surface area contributed by atoms with Crippen molar-refractivity contribution in [2.24, 2.45) is 0 Å². The van der Waals surface area contributed by atoms with Gasteiger partial charge in [0.15, 0.2) is 0 Å². The third-order valence-corrected chi connectivity index (χ3v) is 4.77. The topological polar surface area (TPSA) is 82.9 Å². The summed E-state index contributed by atoms with van der Waals surface area (Å²) in [5.74, 6) is -0.0268. The van der Waals surface area contributed by atoms with E-state index in [-0.39, 0.29) is 11.9 Å². The molecule has 0 aliphatic carbocycles. The van der Waals surface area contributed by atoms with Gasteiger partial charge in [-0.2, -0.15) is 0 Å². The van der Waals surface area contributed by atoms with E-state index in [0.717, 1.165) is 29.8 Å². The number of nitrogen functional groups attached to an aromatic ring is 1. The lowest BCUT2D eigenvalue weighted by molar-refractivity contribution is 0.0926. The number of carbonyl (C=O) groups is 1. The maximum absolute atomic E-state index is 12.4. The number of nitrogens with one attached hydrogen (secondary N) is 3. The van der Waals surface area contributed by atoms with Crippen LogP contribution in [-0.4, -0.2) is 29.0 Å². The summed E-state index contributed by atoms with van der Waals surface area (Å²) in [5, 5.41) is 6.68. The fraction of sp³-hybridized carbons (Fsp3) is 0.353. The number of fused-ring (bicyclic) bond motifs is 2. The van der Waals surface area contributed by atoms with E-state index in [9.17, 15) is 4.79 Å². The van der Waals surface area contributed by atoms with Gasteiger partial charge in [-0.05, 0) is 49.1 Å². The van der Waals surface area contributed by atoms with Crippen LogP contribution in [0.15, 0.2) is 36.4 Å². The molecule has 2 bridgehead atoms. The van der Waals surface area contributed by atoms with Crippen LogP contribution in [0.1, 0.15) is 29.8 Å². The molecule has 2 saturated heterocycles. The number of rotatable bonds is 3. The first-order valence-corrected chi connectivity index (χ1v) is 7.81. The SMILES string of the molecule is Nc1ccc(-c2ccc(C(=O)N[C@@H]3C[C@H]4CC[C@@H]3N4)[nH]2)cc1. The molecule has 0 spiro atoms. The molecule has 3 atom stereocenters. The number of aromatic amines is 1. The second-order valence-electron chi connectivity index (χ2n) is 6.27. The molecule has 2 aromatic rings. The van der Waals surface area contributed by atoms with E-state index in [1.807, 2.05) is 36.4 Å². The Hall–Kier alpha value is -2.27. The number of hydrogen-bond donors (Lipinski definition) is 4. The standard InChI is InChI=1S/C17H20N4O/c18-11-3-1-10(2-4-11)13-7-8-15(20-13)17(22)21-16-9-12-5-6-14(16)19-12/h1-4,7-8,12,14,16,19-20H,5-6,9,18H2,(H,21,22)/t12-,14+,16-/m1/s1. The summed E-state index contributed by atoms with van der Waals surface area (Å²) in [5.41, 5.74) is 8.99. The van der Waals surface area contributed by atoms with Gasteiger partial charge in [0, 0.05) is 29.5 Å². The lowest BCUT2D eigenvalue weighted by atomic mass is 9.95. The second kappa shape index (κ2) is 5.18. The second-order valence-corrected chi connectivity index (χ2v) is 6.27. The highest BCUT2D eigenvalue weighted by molar-refractivity contribution is 5.93. The zero-order chi connectivity index (χ0) is 15.1. The predicted molar refractivity (Wildman–Crippen MR) is 86.5 cm³/mol. The Morgan fingerprint density at radius 2 is 1.95 bits per heavy atom. The molecule has 0 radical (unpaired) electrons. The lowest BCUT2D eigenvalue weighted by Gasteiger charge is -2.21. The molecule has 1 aromatic heterocycles. The molecule has 2 aliphatic heterocycles. The highest BCUT2D eigenvalue weighted by Crippen LogP contribution is 2.28. The molecule has 2 aliphatic rings. The third-order valence-electron chi connectivity index (χ3n) is 4.77. The maximum atomic E-state index is 12.4. The molecule has 1 aromatic carbocycles. The van der Waals surface area contributed by atoms with E-state index < -0.39 is 0 Å². The van der Waals surface area contributed by atoms with Crippen LogP contribution in [0, 0.1) is 0 Å². The number of benzene rings is 1. The fourth-order valence-electron chi connectivity index (χ4n) is 3.59. The Morgan fingerprint density at radius 3 is 2.64 bits per heavy atom. The first-order chi connectivity index (χ1) is 10.7. The van der Waals surface area contributed by atoms with Gasteiger partial charge in [-0.1, -0.05) is 12.1 Å². The molecule has 3 heterocycles. The smallest absolute Gasteiger partial charge is 0.267 e. The lowest BCUT2D eigenvalue weighted by Crippen LogP contribution is -2.43. The first-order valence-electron chi connectivity index (χ1n) is 7.81. The summed E-state index contributed by atoms with van der Waals surface area (Å²) >= 11 is 0.